The van der Waals surface area contributed by atoms with Crippen molar-refractivity contribution in [1.29, 1.82) is 0 Å². The van der Waals surface area contributed by atoms with E-state index in [9.17, 15) is 0 Å². The molecule has 4 nitrogen and oxygen atoms in total. The fourth-order valence-electron chi connectivity index (χ4n) is 1.69. The van der Waals surface area contributed by atoms with E-state index in [0.29, 0.717) is 12.5 Å². The van der Waals surface area contributed by atoms with Gasteiger partial charge < -0.3 is 19.5 Å². The number of methoxy groups -OCH3 is 2. The molecular weight excluding hydrogens is 254 g/mol. The van der Waals surface area contributed by atoms with Crippen LogP contribution in [0.4, 0.5) is 0 Å². The number of nitrogens with one attached hydrogen (secondary N) is 1. The third-order valence-corrected chi connectivity index (χ3v) is 3.29. The van der Waals surface area contributed by atoms with Crippen LogP contribution in [-0.2, 0) is 11.3 Å². The Morgan fingerprint density at radius 3 is 2.70 bits per heavy atom. The van der Waals surface area contributed by atoms with Gasteiger partial charge in [-0.2, -0.15) is 0 Å². The highest BCUT2D eigenvalue weighted by Crippen LogP contribution is 2.25. The van der Waals surface area contributed by atoms with E-state index in [1.54, 1.807) is 14.2 Å². The average molecular weight is 281 g/mol. The molecule has 0 saturated carbocycles. The molecule has 0 bridgehead atoms. The summed E-state index contributed by atoms with van der Waals surface area (Å²) in [6.45, 7) is 7.40. The zero-order valence-electron chi connectivity index (χ0n) is 13.1. The van der Waals surface area contributed by atoms with Gasteiger partial charge in [0.2, 0.25) is 0 Å². The fraction of sp³-hybridized carbons (Fsp3) is 0.625. The van der Waals surface area contributed by atoms with Gasteiger partial charge in [0.1, 0.15) is 11.5 Å². The first-order chi connectivity index (χ1) is 9.71. The van der Waals surface area contributed by atoms with Crippen molar-refractivity contribution >= 4 is 0 Å². The van der Waals surface area contributed by atoms with Gasteiger partial charge in [0.15, 0.2) is 0 Å². The van der Waals surface area contributed by atoms with E-state index in [2.05, 4.69) is 19.2 Å². The minimum absolute atomic E-state index is 0.551. The van der Waals surface area contributed by atoms with Crippen LogP contribution in [0.1, 0.15) is 25.8 Å². The standard InChI is InChI=1S/C16H27NO3/c1-5-13(2)12-20-16-10-15(19-4)7-6-14(16)11-17-8-9-18-3/h6-7,10,13,17H,5,8-9,11-12H2,1-4H3. The van der Waals surface area contributed by atoms with Crippen molar-refractivity contribution in [3.05, 3.63) is 23.8 Å². The molecule has 0 aliphatic heterocycles. The van der Waals surface area contributed by atoms with Gasteiger partial charge in [-0.15, -0.1) is 0 Å². The molecule has 0 heterocycles. The second-order valence-corrected chi connectivity index (χ2v) is 4.97. The molecule has 1 atom stereocenters. The number of hydrogen-bond donors (Lipinski definition) is 1. The molecule has 0 spiro atoms. The Kier molecular flexibility index (Phi) is 8.07. The lowest BCUT2D eigenvalue weighted by Crippen LogP contribution is -2.19. The molecule has 0 aliphatic rings. The summed E-state index contributed by atoms with van der Waals surface area (Å²) in [5, 5.41) is 3.34. The van der Waals surface area contributed by atoms with Crippen molar-refractivity contribution in [2.75, 3.05) is 34.0 Å². The van der Waals surface area contributed by atoms with Gasteiger partial charge in [-0.3, -0.25) is 0 Å². The first kappa shape index (κ1) is 16.8. The third kappa shape index (κ3) is 5.80. The molecule has 20 heavy (non-hydrogen) atoms. The molecule has 4 heteroatoms. The maximum atomic E-state index is 5.94. The van der Waals surface area contributed by atoms with Gasteiger partial charge in [-0.05, 0) is 12.0 Å². The van der Waals surface area contributed by atoms with Crippen molar-refractivity contribution in [2.45, 2.75) is 26.8 Å². The SMILES string of the molecule is CCC(C)COc1cc(OC)ccc1CNCCOC. The van der Waals surface area contributed by atoms with Crippen LogP contribution >= 0.6 is 0 Å². The maximum absolute atomic E-state index is 5.94. The fourth-order valence-corrected chi connectivity index (χ4v) is 1.69. The quantitative estimate of drug-likeness (QED) is 0.669. The molecule has 0 fully saturated rings. The summed E-state index contributed by atoms with van der Waals surface area (Å²) in [5.41, 5.74) is 1.14. The van der Waals surface area contributed by atoms with Gasteiger partial charge in [0.05, 0.1) is 20.3 Å². The van der Waals surface area contributed by atoms with Crippen molar-refractivity contribution in [3.63, 3.8) is 0 Å². The Morgan fingerprint density at radius 2 is 2.05 bits per heavy atom. The summed E-state index contributed by atoms with van der Waals surface area (Å²) in [5.74, 6) is 2.27. The number of ether oxygens (including phenoxy) is 3. The van der Waals surface area contributed by atoms with Crippen molar-refractivity contribution in [3.8, 4) is 11.5 Å². The minimum Gasteiger partial charge on any atom is -0.497 e. The Balaban J connectivity index is 2.65. The van der Waals surface area contributed by atoms with E-state index in [1.807, 2.05) is 18.2 Å². The highest BCUT2D eigenvalue weighted by atomic mass is 16.5. The highest BCUT2D eigenvalue weighted by molar-refractivity contribution is 5.40. The van der Waals surface area contributed by atoms with E-state index in [-0.39, 0.29) is 0 Å². The van der Waals surface area contributed by atoms with E-state index in [4.69, 9.17) is 14.2 Å². The number of rotatable bonds is 10. The van der Waals surface area contributed by atoms with Gasteiger partial charge in [-0.25, -0.2) is 0 Å². The first-order valence-corrected chi connectivity index (χ1v) is 7.20. The molecule has 0 radical (unpaired) electrons. The Morgan fingerprint density at radius 1 is 1.25 bits per heavy atom. The van der Waals surface area contributed by atoms with Gasteiger partial charge >= 0.3 is 0 Å². The number of benzene rings is 1. The van der Waals surface area contributed by atoms with Crippen molar-refractivity contribution < 1.29 is 14.2 Å². The van der Waals surface area contributed by atoms with E-state index in [0.717, 1.165) is 43.2 Å². The molecule has 1 rings (SSSR count). The Hall–Kier alpha value is -1.26. The molecule has 1 N–H and O–H groups in total. The molecule has 1 aromatic rings. The van der Waals surface area contributed by atoms with Crippen LogP contribution in [0.3, 0.4) is 0 Å². The van der Waals surface area contributed by atoms with Crippen LogP contribution < -0.4 is 14.8 Å². The van der Waals surface area contributed by atoms with E-state index < -0.39 is 0 Å². The van der Waals surface area contributed by atoms with Crippen LogP contribution in [0.2, 0.25) is 0 Å². The topological polar surface area (TPSA) is 39.7 Å². The molecule has 114 valence electrons. The minimum atomic E-state index is 0.551. The second kappa shape index (κ2) is 9.61. The molecule has 0 saturated heterocycles. The molecule has 0 amide bonds. The van der Waals surface area contributed by atoms with Crippen LogP contribution in [0.15, 0.2) is 18.2 Å². The predicted octanol–water partition coefficient (Wildman–Crippen LogP) is 2.86. The average Bonchev–Trinajstić information content (AvgIpc) is 2.49. The van der Waals surface area contributed by atoms with E-state index in [1.165, 1.54) is 0 Å². The Labute approximate surface area is 122 Å². The lowest BCUT2D eigenvalue weighted by atomic mass is 10.1. The summed E-state index contributed by atoms with van der Waals surface area (Å²) in [6.07, 6.45) is 1.12. The molecular formula is C16H27NO3. The first-order valence-electron chi connectivity index (χ1n) is 7.20. The van der Waals surface area contributed by atoms with Gasteiger partial charge in [-0.1, -0.05) is 26.3 Å². The highest BCUT2D eigenvalue weighted by Gasteiger charge is 2.08. The van der Waals surface area contributed by atoms with Gasteiger partial charge in [0.25, 0.3) is 0 Å². The lowest BCUT2D eigenvalue weighted by Gasteiger charge is -2.16. The smallest absolute Gasteiger partial charge is 0.127 e. The second-order valence-electron chi connectivity index (χ2n) is 4.97. The third-order valence-electron chi connectivity index (χ3n) is 3.29. The van der Waals surface area contributed by atoms with Crippen LogP contribution in [-0.4, -0.2) is 34.0 Å². The maximum Gasteiger partial charge on any atom is 0.127 e. The summed E-state index contributed by atoms with van der Waals surface area (Å²) in [4.78, 5) is 0. The lowest BCUT2D eigenvalue weighted by molar-refractivity contribution is 0.198. The molecule has 1 unspecified atom stereocenters. The van der Waals surface area contributed by atoms with Gasteiger partial charge in [0, 0.05) is 31.8 Å². The summed E-state index contributed by atoms with van der Waals surface area (Å²) >= 11 is 0. The van der Waals surface area contributed by atoms with E-state index >= 15 is 0 Å². The molecule has 0 aromatic heterocycles. The van der Waals surface area contributed by atoms with Crippen molar-refractivity contribution in [2.24, 2.45) is 5.92 Å². The normalized spacial score (nSPS) is 12.2. The van der Waals surface area contributed by atoms with Crippen LogP contribution in [0, 0.1) is 5.92 Å². The largest absolute Gasteiger partial charge is 0.497 e. The summed E-state index contributed by atoms with van der Waals surface area (Å²) in [6, 6.07) is 5.96. The summed E-state index contributed by atoms with van der Waals surface area (Å²) < 4.78 is 16.2. The Bertz CT molecular complexity index is 382. The molecule has 1 aromatic carbocycles. The molecule has 0 aliphatic carbocycles. The van der Waals surface area contributed by atoms with Crippen LogP contribution in [0.25, 0.3) is 0 Å². The monoisotopic (exact) mass is 281 g/mol. The number of hydrogen-bond acceptors (Lipinski definition) is 4. The predicted molar refractivity (Wildman–Crippen MR) is 81.5 cm³/mol. The van der Waals surface area contributed by atoms with Crippen molar-refractivity contribution in [1.82, 2.24) is 5.32 Å². The zero-order chi connectivity index (χ0) is 14.8. The van der Waals surface area contributed by atoms with Crippen LogP contribution in [0.5, 0.6) is 11.5 Å². The zero-order valence-corrected chi connectivity index (χ0v) is 13.1. The summed E-state index contributed by atoms with van der Waals surface area (Å²) in [7, 11) is 3.38.